The van der Waals surface area contributed by atoms with E-state index in [9.17, 15) is 5.11 Å². The first-order valence-corrected chi connectivity index (χ1v) is 5.07. The minimum Gasteiger partial charge on any atom is -0.394 e. The lowest BCUT2D eigenvalue weighted by Crippen LogP contribution is -2.42. The van der Waals surface area contributed by atoms with E-state index >= 15 is 0 Å². The van der Waals surface area contributed by atoms with Gasteiger partial charge in [0.05, 0.1) is 18.8 Å². The van der Waals surface area contributed by atoms with Crippen molar-refractivity contribution < 1.29 is 9.84 Å². The summed E-state index contributed by atoms with van der Waals surface area (Å²) in [4.78, 5) is 7.79. The Morgan fingerprint density at radius 3 is 3.13 bits per heavy atom. The van der Waals surface area contributed by atoms with Gasteiger partial charge in [-0.2, -0.15) is 0 Å². The molecule has 0 aromatic carbocycles. The first-order valence-electron chi connectivity index (χ1n) is 4.69. The fraction of sp³-hybridized carbons (Fsp3) is 0.556. The molecule has 0 saturated carbocycles. The molecule has 2 N–H and O–H groups in total. The number of nitrogens with zero attached hydrogens (tertiary/aromatic N) is 2. The molecule has 1 saturated heterocycles. The highest BCUT2D eigenvalue weighted by Gasteiger charge is 2.34. The molecule has 0 amide bonds. The van der Waals surface area contributed by atoms with Gasteiger partial charge in [0.25, 0.3) is 0 Å². The van der Waals surface area contributed by atoms with Crippen LogP contribution in [0, 0.1) is 0 Å². The average molecular weight is 230 g/mol. The Kier molecular flexibility index (Phi) is 3.04. The van der Waals surface area contributed by atoms with E-state index in [0.29, 0.717) is 19.0 Å². The van der Waals surface area contributed by atoms with Crippen molar-refractivity contribution in [2.75, 3.05) is 25.1 Å². The molecule has 0 aliphatic carbocycles. The van der Waals surface area contributed by atoms with Crippen molar-refractivity contribution in [2.24, 2.45) is 0 Å². The molecule has 6 heteroatoms. The molecule has 1 atom stereocenters. The molecule has 5 nitrogen and oxygen atoms in total. The fourth-order valence-electron chi connectivity index (χ4n) is 1.55. The first-order chi connectivity index (χ1) is 7.24. The topological polar surface area (TPSA) is 67.3 Å². The van der Waals surface area contributed by atoms with E-state index in [1.54, 1.807) is 12.3 Å². The van der Waals surface area contributed by atoms with Crippen LogP contribution < -0.4 is 5.32 Å². The van der Waals surface area contributed by atoms with Gasteiger partial charge in [-0.25, -0.2) is 9.97 Å². The molecule has 1 aliphatic heterocycles. The standard InChI is InChI=1S/C9H12ClN3O2/c10-8-11-3-1-7(12-8)13-9(5-14)2-4-15-6-9/h1,3,14H,2,4-6H2,(H,11,12,13). The molecule has 2 heterocycles. The van der Waals surface area contributed by atoms with Gasteiger partial charge in [-0.3, -0.25) is 0 Å². The van der Waals surface area contributed by atoms with Crippen LogP contribution >= 0.6 is 11.6 Å². The van der Waals surface area contributed by atoms with E-state index < -0.39 is 5.54 Å². The molecule has 2 rings (SSSR count). The highest BCUT2D eigenvalue weighted by atomic mass is 35.5. The fourth-order valence-corrected chi connectivity index (χ4v) is 1.69. The smallest absolute Gasteiger partial charge is 0.224 e. The number of anilines is 1. The number of nitrogens with one attached hydrogen (secondary N) is 1. The van der Waals surface area contributed by atoms with E-state index in [1.165, 1.54) is 0 Å². The van der Waals surface area contributed by atoms with Crippen molar-refractivity contribution in [3.05, 3.63) is 17.5 Å². The molecule has 82 valence electrons. The highest BCUT2D eigenvalue weighted by Crippen LogP contribution is 2.23. The number of ether oxygens (including phenoxy) is 1. The molecule has 1 aromatic heterocycles. The average Bonchev–Trinajstić information content (AvgIpc) is 2.67. The van der Waals surface area contributed by atoms with E-state index in [2.05, 4.69) is 15.3 Å². The zero-order valence-corrected chi connectivity index (χ0v) is 8.87. The summed E-state index contributed by atoms with van der Waals surface area (Å²) in [7, 11) is 0. The maximum absolute atomic E-state index is 9.33. The van der Waals surface area contributed by atoms with Crippen LogP contribution in [0.1, 0.15) is 6.42 Å². The van der Waals surface area contributed by atoms with Crippen LogP contribution in [0.4, 0.5) is 5.82 Å². The normalized spacial score (nSPS) is 25.5. The summed E-state index contributed by atoms with van der Waals surface area (Å²) < 4.78 is 5.25. The number of hydrogen-bond acceptors (Lipinski definition) is 5. The van der Waals surface area contributed by atoms with Gasteiger partial charge in [0.15, 0.2) is 0 Å². The second kappa shape index (κ2) is 4.30. The second-order valence-corrected chi connectivity index (χ2v) is 3.92. The van der Waals surface area contributed by atoms with Crippen molar-refractivity contribution in [1.82, 2.24) is 9.97 Å². The summed E-state index contributed by atoms with van der Waals surface area (Å²) in [6.45, 7) is 1.13. The van der Waals surface area contributed by atoms with Gasteiger partial charge in [-0.15, -0.1) is 0 Å². The lowest BCUT2D eigenvalue weighted by molar-refractivity contribution is 0.152. The number of aliphatic hydroxyl groups is 1. The maximum atomic E-state index is 9.33. The molecular formula is C9H12ClN3O2. The second-order valence-electron chi connectivity index (χ2n) is 3.58. The van der Waals surface area contributed by atoms with Gasteiger partial charge in [-0.1, -0.05) is 0 Å². The lowest BCUT2D eigenvalue weighted by atomic mass is 10.0. The lowest BCUT2D eigenvalue weighted by Gasteiger charge is -2.26. The van der Waals surface area contributed by atoms with Gasteiger partial charge in [-0.05, 0) is 24.1 Å². The molecule has 0 spiro atoms. The van der Waals surface area contributed by atoms with Crippen LogP contribution in [0.2, 0.25) is 5.28 Å². The van der Waals surface area contributed by atoms with Crippen LogP contribution in [0.15, 0.2) is 12.3 Å². The number of aromatic nitrogens is 2. The predicted molar refractivity (Wildman–Crippen MR) is 55.9 cm³/mol. The minimum absolute atomic E-state index is 0.00855. The number of rotatable bonds is 3. The zero-order chi connectivity index (χ0) is 10.7. The third-order valence-electron chi connectivity index (χ3n) is 2.43. The summed E-state index contributed by atoms with van der Waals surface area (Å²) >= 11 is 5.66. The van der Waals surface area contributed by atoms with Gasteiger partial charge >= 0.3 is 0 Å². The summed E-state index contributed by atoms with van der Waals surface area (Å²) in [6.07, 6.45) is 2.32. The molecule has 15 heavy (non-hydrogen) atoms. The van der Waals surface area contributed by atoms with Crippen LogP contribution in [0.3, 0.4) is 0 Å². The Hall–Kier alpha value is -0.910. The quantitative estimate of drug-likeness (QED) is 0.747. The Balaban J connectivity index is 2.12. The third kappa shape index (κ3) is 2.37. The van der Waals surface area contributed by atoms with E-state index in [4.69, 9.17) is 16.3 Å². The van der Waals surface area contributed by atoms with Crippen molar-refractivity contribution >= 4 is 17.4 Å². The Labute approximate surface area is 92.5 Å². The van der Waals surface area contributed by atoms with Gasteiger partial charge < -0.3 is 15.2 Å². The molecule has 0 radical (unpaired) electrons. The Morgan fingerprint density at radius 2 is 2.53 bits per heavy atom. The van der Waals surface area contributed by atoms with Crippen LogP contribution in [0.25, 0.3) is 0 Å². The summed E-state index contributed by atoms with van der Waals surface area (Å²) in [5.74, 6) is 0.606. The largest absolute Gasteiger partial charge is 0.394 e. The third-order valence-corrected chi connectivity index (χ3v) is 2.61. The van der Waals surface area contributed by atoms with Gasteiger partial charge in [0, 0.05) is 12.8 Å². The summed E-state index contributed by atoms with van der Waals surface area (Å²) in [6, 6.07) is 1.71. The maximum Gasteiger partial charge on any atom is 0.224 e. The summed E-state index contributed by atoms with van der Waals surface area (Å²) in [5, 5.41) is 12.6. The van der Waals surface area contributed by atoms with Gasteiger partial charge in [0.2, 0.25) is 5.28 Å². The molecular weight excluding hydrogens is 218 g/mol. The Bertz CT molecular complexity index is 342. The van der Waals surface area contributed by atoms with Crippen LogP contribution in [0.5, 0.6) is 0 Å². The van der Waals surface area contributed by atoms with Crippen LogP contribution in [-0.2, 0) is 4.74 Å². The molecule has 0 bridgehead atoms. The predicted octanol–water partition coefficient (Wildman–Crippen LogP) is 0.693. The first kappa shape index (κ1) is 10.6. The monoisotopic (exact) mass is 229 g/mol. The minimum atomic E-state index is -0.433. The van der Waals surface area contributed by atoms with E-state index in [-0.39, 0.29) is 11.9 Å². The summed E-state index contributed by atoms with van der Waals surface area (Å²) in [5.41, 5.74) is -0.433. The van der Waals surface area contributed by atoms with Crippen molar-refractivity contribution in [3.63, 3.8) is 0 Å². The molecule has 1 aromatic rings. The number of halogens is 1. The van der Waals surface area contributed by atoms with Crippen LogP contribution in [-0.4, -0.2) is 40.4 Å². The SMILES string of the molecule is OCC1(Nc2ccnc(Cl)n2)CCOC1. The van der Waals surface area contributed by atoms with E-state index in [0.717, 1.165) is 6.42 Å². The molecule has 1 aliphatic rings. The molecule has 1 unspecified atom stereocenters. The van der Waals surface area contributed by atoms with Gasteiger partial charge in [0.1, 0.15) is 5.82 Å². The molecule has 1 fully saturated rings. The highest BCUT2D eigenvalue weighted by molar-refractivity contribution is 6.28. The number of aliphatic hydroxyl groups excluding tert-OH is 1. The van der Waals surface area contributed by atoms with Crippen molar-refractivity contribution in [1.29, 1.82) is 0 Å². The van der Waals surface area contributed by atoms with Crippen molar-refractivity contribution in [3.8, 4) is 0 Å². The number of hydrogen-bond donors (Lipinski definition) is 2. The van der Waals surface area contributed by atoms with Crippen molar-refractivity contribution in [2.45, 2.75) is 12.0 Å². The van der Waals surface area contributed by atoms with E-state index in [1.807, 2.05) is 0 Å². The Morgan fingerprint density at radius 1 is 1.67 bits per heavy atom. The zero-order valence-electron chi connectivity index (χ0n) is 8.11.